The predicted octanol–water partition coefficient (Wildman–Crippen LogP) is 2.48. The molecule has 2 rings (SSSR count). The number of anilines is 2. The van der Waals surface area contributed by atoms with Crippen LogP contribution in [0, 0.1) is 6.92 Å². The van der Waals surface area contributed by atoms with Gasteiger partial charge in [0.25, 0.3) is 0 Å². The zero-order valence-electron chi connectivity index (χ0n) is 9.86. The average molecular weight is 218 g/mol. The van der Waals surface area contributed by atoms with Crippen molar-refractivity contribution in [2.45, 2.75) is 39.2 Å². The molecule has 1 fully saturated rings. The number of piperidine rings is 1. The lowest BCUT2D eigenvalue weighted by molar-refractivity contribution is -0.120. The van der Waals surface area contributed by atoms with Gasteiger partial charge in [-0.2, -0.15) is 0 Å². The van der Waals surface area contributed by atoms with E-state index in [0.717, 1.165) is 24.1 Å². The van der Waals surface area contributed by atoms with Crippen LogP contribution in [0.3, 0.4) is 0 Å². The number of rotatable bonds is 1. The molecule has 1 aliphatic heterocycles. The zero-order valence-corrected chi connectivity index (χ0v) is 9.86. The minimum Gasteiger partial charge on any atom is -0.399 e. The van der Waals surface area contributed by atoms with Gasteiger partial charge in [-0.05, 0) is 44.4 Å². The van der Waals surface area contributed by atoms with Crippen molar-refractivity contribution in [2.24, 2.45) is 0 Å². The third-order valence-electron chi connectivity index (χ3n) is 3.21. The molecule has 1 aromatic carbocycles. The van der Waals surface area contributed by atoms with E-state index < -0.39 is 0 Å². The molecule has 16 heavy (non-hydrogen) atoms. The number of benzene rings is 1. The minimum absolute atomic E-state index is 0.215. The Hall–Kier alpha value is -1.51. The third kappa shape index (κ3) is 1.90. The lowest BCUT2D eigenvalue weighted by atomic mass is 10.0. The van der Waals surface area contributed by atoms with E-state index in [1.54, 1.807) is 0 Å². The number of aryl methyl sites for hydroxylation is 1. The summed E-state index contributed by atoms with van der Waals surface area (Å²) in [7, 11) is 0. The number of carbonyl (C=O) groups excluding carboxylic acids is 1. The highest BCUT2D eigenvalue weighted by Gasteiger charge is 2.26. The summed E-state index contributed by atoms with van der Waals surface area (Å²) in [6.07, 6.45) is 2.72. The van der Waals surface area contributed by atoms with Crippen LogP contribution in [-0.2, 0) is 4.79 Å². The monoisotopic (exact) mass is 218 g/mol. The Balaban J connectivity index is 2.41. The number of carbonyl (C=O) groups is 1. The predicted molar refractivity (Wildman–Crippen MR) is 66.4 cm³/mol. The fraction of sp³-hybridized carbons (Fsp3) is 0.462. The second-order valence-electron chi connectivity index (χ2n) is 4.55. The lowest BCUT2D eigenvalue weighted by Crippen LogP contribution is -2.42. The van der Waals surface area contributed by atoms with Crippen LogP contribution in [0.25, 0.3) is 0 Å². The smallest absolute Gasteiger partial charge is 0.227 e. The molecule has 1 heterocycles. The Kier molecular flexibility index (Phi) is 2.86. The Morgan fingerprint density at radius 3 is 2.88 bits per heavy atom. The van der Waals surface area contributed by atoms with Gasteiger partial charge in [0.1, 0.15) is 0 Å². The lowest BCUT2D eigenvalue weighted by Gasteiger charge is -2.34. The normalized spacial score (nSPS) is 21.2. The van der Waals surface area contributed by atoms with Crippen LogP contribution >= 0.6 is 0 Å². The van der Waals surface area contributed by atoms with Crippen LogP contribution in [-0.4, -0.2) is 11.9 Å². The maximum absolute atomic E-state index is 12.0. The van der Waals surface area contributed by atoms with Crippen molar-refractivity contribution in [3.8, 4) is 0 Å². The number of hydrogen-bond acceptors (Lipinski definition) is 2. The van der Waals surface area contributed by atoms with Crippen molar-refractivity contribution in [3.05, 3.63) is 23.8 Å². The number of nitrogen functional groups attached to an aromatic ring is 1. The Morgan fingerprint density at radius 1 is 1.44 bits per heavy atom. The molecule has 1 aliphatic rings. The molecule has 0 radical (unpaired) electrons. The van der Waals surface area contributed by atoms with Crippen LogP contribution in [0.2, 0.25) is 0 Å². The molecule has 86 valence electrons. The molecule has 1 saturated heterocycles. The summed E-state index contributed by atoms with van der Waals surface area (Å²) >= 11 is 0. The molecule has 3 heteroatoms. The Morgan fingerprint density at radius 2 is 2.19 bits per heavy atom. The summed E-state index contributed by atoms with van der Waals surface area (Å²) < 4.78 is 0. The van der Waals surface area contributed by atoms with Gasteiger partial charge in [0.15, 0.2) is 0 Å². The van der Waals surface area contributed by atoms with Crippen molar-refractivity contribution in [3.63, 3.8) is 0 Å². The third-order valence-corrected chi connectivity index (χ3v) is 3.21. The van der Waals surface area contributed by atoms with Crippen LogP contribution < -0.4 is 10.6 Å². The largest absolute Gasteiger partial charge is 0.399 e. The fourth-order valence-corrected chi connectivity index (χ4v) is 2.30. The van der Waals surface area contributed by atoms with Crippen molar-refractivity contribution >= 4 is 17.3 Å². The molecule has 0 saturated carbocycles. The van der Waals surface area contributed by atoms with Gasteiger partial charge in [0, 0.05) is 23.8 Å². The zero-order chi connectivity index (χ0) is 11.7. The molecule has 0 spiro atoms. The molecule has 1 aromatic rings. The van der Waals surface area contributed by atoms with E-state index in [1.165, 1.54) is 0 Å². The van der Waals surface area contributed by atoms with Crippen molar-refractivity contribution in [1.82, 2.24) is 0 Å². The molecule has 1 unspecified atom stereocenters. The van der Waals surface area contributed by atoms with Gasteiger partial charge in [-0.3, -0.25) is 4.79 Å². The van der Waals surface area contributed by atoms with Gasteiger partial charge in [0.2, 0.25) is 5.91 Å². The van der Waals surface area contributed by atoms with Crippen LogP contribution in [0.5, 0.6) is 0 Å². The van der Waals surface area contributed by atoms with Gasteiger partial charge in [-0.25, -0.2) is 0 Å². The van der Waals surface area contributed by atoms with E-state index in [9.17, 15) is 4.79 Å². The molecule has 3 nitrogen and oxygen atoms in total. The number of amides is 1. The number of nitrogens with zero attached hydrogens (tertiary/aromatic N) is 1. The van der Waals surface area contributed by atoms with Gasteiger partial charge in [-0.15, -0.1) is 0 Å². The topological polar surface area (TPSA) is 46.3 Å². The first-order valence-electron chi connectivity index (χ1n) is 5.78. The number of hydrogen-bond donors (Lipinski definition) is 1. The second-order valence-corrected chi connectivity index (χ2v) is 4.55. The summed E-state index contributed by atoms with van der Waals surface area (Å²) in [5.41, 5.74) is 8.58. The van der Waals surface area contributed by atoms with E-state index in [0.29, 0.717) is 12.1 Å². The highest BCUT2D eigenvalue weighted by Crippen LogP contribution is 2.29. The van der Waals surface area contributed by atoms with E-state index in [1.807, 2.05) is 30.0 Å². The molecule has 0 aliphatic carbocycles. The molecule has 0 bridgehead atoms. The first-order valence-corrected chi connectivity index (χ1v) is 5.78. The van der Waals surface area contributed by atoms with Crippen LogP contribution in [0.15, 0.2) is 18.2 Å². The highest BCUT2D eigenvalue weighted by atomic mass is 16.2. The fourth-order valence-electron chi connectivity index (χ4n) is 2.30. The van der Waals surface area contributed by atoms with E-state index in [-0.39, 0.29) is 11.9 Å². The summed E-state index contributed by atoms with van der Waals surface area (Å²) in [5, 5.41) is 0. The maximum Gasteiger partial charge on any atom is 0.227 e. The molecule has 0 aromatic heterocycles. The second kappa shape index (κ2) is 4.16. The van der Waals surface area contributed by atoms with Gasteiger partial charge in [-0.1, -0.05) is 6.07 Å². The van der Waals surface area contributed by atoms with Crippen molar-refractivity contribution in [1.29, 1.82) is 0 Å². The van der Waals surface area contributed by atoms with Crippen LogP contribution in [0.4, 0.5) is 11.4 Å². The van der Waals surface area contributed by atoms with E-state index >= 15 is 0 Å². The maximum atomic E-state index is 12.0. The molecule has 2 N–H and O–H groups in total. The Labute approximate surface area is 96.2 Å². The van der Waals surface area contributed by atoms with E-state index in [4.69, 9.17) is 5.73 Å². The Bertz CT molecular complexity index is 414. The molecular formula is C13H18N2O. The van der Waals surface area contributed by atoms with E-state index in [2.05, 4.69) is 6.92 Å². The quantitative estimate of drug-likeness (QED) is 0.736. The van der Waals surface area contributed by atoms with Gasteiger partial charge in [0.05, 0.1) is 0 Å². The van der Waals surface area contributed by atoms with Crippen molar-refractivity contribution < 1.29 is 4.79 Å². The SMILES string of the molecule is Cc1ccc(N)cc1N1C(=O)CCCC1C. The first-order chi connectivity index (χ1) is 7.59. The summed E-state index contributed by atoms with van der Waals surface area (Å²) in [4.78, 5) is 13.9. The minimum atomic E-state index is 0.215. The molecule has 1 amide bonds. The standard InChI is InChI=1S/C13H18N2O/c1-9-6-7-11(14)8-12(9)15-10(2)4-3-5-13(15)16/h6-8,10H,3-5,14H2,1-2H3. The number of nitrogens with two attached hydrogens (primary N) is 1. The van der Waals surface area contributed by atoms with Crippen molar-refractivity contribution in [2.75, 3.05) is 10.6 Å². The summed E-state index contributed by atoms with van der Waals surface area (Å²) in [6.45, 7) is 4.11. The summed E-state index contributed by atoms with van der Waals surface area (Å²) in [6, 6.07) is 6.02. The van der Waals surface area contributed by atoms with Crippen LogP contribution in [0.1, 0.15) is 31.7 Å². The molecule has 1 atom stereocenters. The first kappa shape index (κ1) is 11.0. The highest BCUT2D eigenvalue weighted by molar-refractivity contribution is 5.95. The molecular weight excluding hydrogens is 200 g/mol. The average Bonchev–Trinajstić information content (AvgIpc) is 2.23. The van der Waals surface area contributed by atoms with Gasteiger partial charge >= 0.3 is 0 Å². The van der Waals surface area contributed by atoms with Gasteiger partial charge < -0.3 is 10.6 Å². The summed E-state index contributed by atoms with van der Waals surface area (Å²) in [5.74, 6) is 0.215.